The number of nitrogens with one attached hydrogen (secondary N) is 1. The summed E-state index contributed by atoms with van der Waals surface area (Å²) in [6.45, 7) is 1.55. The van der Waals surface area contributed by atoms with Crippen molar-refractivity contribution in [3.8, 4) is 0 Å². The minimum absolute atomic E-state index is 0.0118. The van der Waals surface area contributed by atoms with Crippen molar-refractivity contribution in [2.75, 3.05) is 31.5 Å². The lowest BCUT2D eigenvalue weighted by Gasteiger charge is -2.47. The van der Waals surface area contributed by atoms with E-state index in [0.29, 0.717) is 50.1 Å². The second-order valence-corrected chi connectivity index (χ2v) is 13.2. The molecule has 3 fully saturated rings. The molecule has 4 aliphatic rings. The zero-order chi connectivity index (χ0) is 29.2. The number of carbonyl (C=O) groups is 2. The summed E-state index contributed by atoms with van der Waals surface area (Å²) in [7, 11) is 0. The molecule has 2 saturated carbocycles. The van der Waals surface area contributed by atoms with Crippen LogP contribution in [0.4, 0.5) is 10.1 Å². The summed E-state index contributed by atoms with van der Waals surface area (Å²) < 4.78 is 16.1. The molecule has 2 aliphatic carbocycles. The number of nitrogens with zero attached hydrogens (tertiary/aromatic N) is 2. The molecule has 7 heteroatoms. The monoisotopic (exact) mass is 575 g/mol. The van der Waals surface area contributed by atoms with Gasteiger partial charge in [0.2, 0.25) is 0 Å². The van der Waals surface area contributed by atoms with Crippen LogP contribution in [0, 0.1) is 5.82 Å². The predicted molar refractivity (Wildman–Crippen MR) is 163 cm³/mol. The first kappa shape index (κ1) is 29.2. The van der Waals surface area contributed by atoms with Gasteiger partial charge in [0.15, 0.2) is 0 Å². The molecule has 1 unspecified atom stereocenters. The molecule has 2 N–H and O–H groups in total. The summed E-state index contributed by atoms with van der Waals surface area (Å²) in [5, 5.41) is 14.1. The van der Waals surface area contributed by atoms with Gasteiger partial charge < -0.3 is 20.2 Å². The average Bonchev–Trinajstić information content (AvgIpc) is 3.76. The first-order chi connectivity index (χ1) is 20.4. The third kappa shape index (κ3) is 6.08. The van der Waals surface area contributed by atoms with Crippen molar-refractivity contribution < 1.29 is 19.1 Å². The molecule has 42 heavy (non-hydrogen) atoms. The molecule has 2 heterocycles. The van der Waals surface area contributed by atoms with Gasteiger partial charge in [-0.15, -0.1) is 0 Å². The number of amides is 2. The summed E-state index contributed by atoms with van der Waals surface area (Å²) in [4.78, 5) is 29.2. The van der Waals surface area contributed by atoms with Crippen molar-refractivity contribution in [2.24, 2.45) is 0 Å². The number of hydrogen-bond donors (Lipinski definition) is 2. The van der Waals surface area contributed by atoms with Crippen molar-refractivity contribution in [2.45, 2.75) is 107 Å². The second-order valence-electron chi connectivity index (χ2n) is 13.2. The van der Waals surface area contributed by atoms with Crippen LogP contribution < -0.4 is 5.32 Å². The first-order valence-corrected chi connectivity index (χ1v) is 16.4. The van der Waals surface area contributed by atoms with E-state index in [1.54, 1.807) is 15.9 Å². The van der Waals surface area contributed by atoms with Crippen LogP contribution in [0.15, 0.2) is 42.5 Å². The fourth-order valence-electron chi connectivity index (χ4n) is 7.58. The minimum atomic E-state index is -1.19. The van der Waals surface area contributed by atoms with Crippen molar-refractivity contribution in [3.05, 3.63) is 65.0 Å². The van der Waals surface area contributed by atoms with Crippen LogP contribution in [-0.2, 0) is 11.2 Å². The standard InChI is InChI=1S/C35H46FN3O3/c36-30-25-27(32(40)38-20-22-39(23-21-38)33(41)35(42)18-19-35)14-15-28(30)29-24-26-12-8-9-13-31(26)37-34(29)16-10-6-4-2-1-3-5-7-11-17-34/h8-9,12-15,25,29,37,42H,1-7,10-11,16-24H2. The molecule has 1 spiro atoms. The molecule has 2 aromatic rings. The normalized spacial score (nSPS) is 24.1. The largest absolute Gasteiger partial charge is 0.380 e. The zero-order valence-corrected chi connectivity index (χ0v) is 24.9. The van der Waals surface area contributed by atoms with E-state index in [2.05, 4.69) is 29.6 Å². The highest BCUT2D eigenvalue weighted by atomic mass is 19.1. The fourth-order valence-corrected chi connectivity index (χ4v) is 7.58. The summed E-state index contributed by atoms with van der Waals surface area (Å²) >= 11 is 0. The van der Waals surface area contributed by atoms with Crippen molar-refractivity contribution >= 4 is 17.5 Å². The SMILES string of the molecule is O=C(c1ccc(C2Cc3ccccc3NC23CCCCCCCCCCC3)c(F)c1)N1CCN(C(=O)C2(O)CC2)CC1. The maximum Gasteiger partial charge on any atom is 0.254 e. The first-order valence-electron chi connectivity index (χ1n) is 16.4. The summed E-state index contributed by atoms with van der Waals surface area (Å²) in [5.41, 5.74) is 2.06. The minimum Gasteiger partial charge on any atom is -0.380 e. The molecule has 6 nitrogen and oxygen atoms in total. The van der Waals surface area contributed by atoms with Crippen molar-refractivity contribution in [1.82, 2.24) is 9.80 Å². The molecule has 6 rings (SSSR count). The number of aliphatic hydroxyl groups is 1. The highest BCUT2D eigenvalue weighted by Gasteiger charge is 2.50. The lowest BCUT2D eigenvalue weighted by Crippen LogP contribution is -2.53. The molecule has 2 aliphatic heterocycles. The number of piperazine rings is 1. The Kier molecular flexibility index (Phi) is 8.58. The topological polar surface area (TPSA) is 72.9 Å². The van der Waals surface area contributed by atoms with E-state index < -0.39 is 5.60 Å². The summed E-state index contributed by atoms with van der Waals surface area (Å²) in [6.07, 6.45) is 15.0. The Bertz CT molecular complexity index is 1270. The number of anilines is 1. The van der Waals surface area contributed by atoms with Gasteiger partial charge in [-0.1, -0.05) is 82.1 Å². The lowest BCUT2D eigenvalue weighted by atomic mass is 9.67. The Balaban J connectivity index is 1.22. The van der Waals surface area contributed by atoms with Gasteiger partial charge in [-0.2, -0.15) is 0 Å². The molecular weight excluding hydrogens is 529 g/mol. The van der Waals surface area contributed by atoms with Gasteiger partial charge in [0.1, 0.15) is 11.4 Å². The van der Waals surface area contributed by atoms with Gasteiger partial charge >= 0.3 is 0 Å². The predicted octanol–water partition coefficient (Wildman–Crippen LogP) is 6.43. The molecule has 0 bridgehead atoms. The van der Waals surface area contributed by atoms with Gasteiger partial charge in [0.25, 0.3) is 11.8 Å². The number of rotatable bonds is 3. The molecule has 1 saturated heterocycles. The van der Waals surface area contributed by atoms with Gasteiger partial charge in [-0.05, 0) is 61.4 Å². The van der Waals surface area contributed by atoms with Crippen LogP contribution in [0.3, 0.4) is 0 Å². The second kappa shape index (κ2) is 12.4. The summed E-state index contributed by atoms with van der Waals surface area (Å²) in [5.74, 6) is -0.747. The van der Waals surface area contributed by atoms with Crippen LogP contribution >= 0.6 is 0 Å². The third-order valence-electron chi connectivity index (χ3n) is 10.3. The Morgan fingerprint density at radius 2 is 1.38 bits per heavy atom. The molecule has 226 valence electrons. The maximum absolute atomic E-state index is 16.1. The molecule has 2 aromatic carbocycles. The van der Waals surface area contributed by atoms with Crippen LogP contribution in [0.1, 0.15) is 111 Å². The number of para-hydroxylation sites is 1. The number of fused-ring (bicyclic) bond motifs is 1. The molecular formula is C35H46FN3O3. The molecule has 1 atom stereocenters. The van der Waals surface area contributed by atoms with Gasteiger partial charge in [-0.3, -0.25) is 9.59 Å². The van der Waals surface area contributed by atoms with Gasteiger partial charge in [0, 0.05) is 48.9 Å². The van der Waals surface area contributed by atoms with E-state index in [9.17, 15) is 14.7 Å². The average molecular weight is 576 g/mol. The van der Waals surface area contributed by atoms with Crippen molar-refractivity contribution in [1.29, 1.82) is 0 Å². The highest BCUT2D eigenvalue weighted by molar-refractivity contribution is 5.94. The van der Waals surface area contributed by atoms with Crippen LogP contribution in [-0.4, -0.2) is 64.0 Å². The van der Waals surface area contributed by atoms with E-state index in [-0.39, 0.29) is 29.1 Å². The van der Waals surface area contributed by atoms with E-state index in [1.165, 1.54) is 62.3 Å². The van der Waals surface area contributed by atoms with Gasteiger partial charge in [-0.25, -0.2) is 4.39 Å². The Hall–Kier alpha value is -2.93. The van der Waals surface area contributed by atoms with Crippen LogP contribution in [0.5, 0.6) is 0 Å². The third-order valence-corrected chi connectivity index (χ3v) is 10.3. The van der Waals surface area contributed by atoms with E-state index in [1.807, 2.05) is 6.07 Å². The fraction of sp³-hybridized carbons (Fsp3) is 0.600. The quantitative estimate of drug-likeness (QED) is 0.443. The number of carbonyl (C=O) groups excluding carboxylic acids is 2. The molecule has 0 radical (unpaired) electrons. The van der Waals surface area contributed by atoms with E-state index >= 15 is 4.39 Å². The van der Waals surface area contributed by atoms with E-state index in [0.717, 1.165) is 32.1 Å². The Morgan fingerprint density at radius 3 is 2.00 bits per heavy atom. The van der Waals surface area contributed by atoms with E-state index in [4.69, 9.17) is 0 Å². The number of hydrogen-bond acceptors (Lipinski definition) is 4. The maximum atomic E-state index is 16.1. The summed E-state index contributed by atoms with van der Waals surface area (Å²) in [6, 6.07) is 13.6. The molecule has 2 amide bonds. The Labute approximate surface area is 249 Å². The number of halogens is 1. The van der Waals surface area contributed by atoms with Gasteiger partial charge in [0.05, 0.1) is 0 Å². The van der Waals surface area contributed by atoms with Crippen LogP contribution in [0.2, 0.25) is 0 Å². The van der Waals surface area contributed by atoms with Crippen LogP contribution in [0.25, 0.3) is 0 Å². The lowest BCUT2D eigenvalue weighted by molar-refractivity contribution is -0.143. The zero-order valence-electron chi connectivity index (χ0n) is 24.9. The smallest absolute Gasteiger partial charge is 0.254 e. The number of benzene rings is 2. The highest BCUT2D eigenvalue weighted by Crippen LogP contribution is 2.47. The van der Waals surface area contributed by atoms with Crippen molar-refractivity contribution in [3.63, 3.8) is 0 Å². The molecule has 0 aromatic heterocycles. The Morgan fingerprint density at radius 1 is 0.786 bits per heavy atom.